The molecule has 0 heterocycles. The molecule has 0 radical (unpaired) electrons. The minimum absolute atomic E-state index is 0.124. The Balaban J connectivity index is 0.00000101. The Morgan fingerprint density at radius 2 is 1.60 bits per heavy atom. The highest BCUT2D eigenvalue weighted by Crippen LogP contribution is 2.19. The first-order valence-electron chi connectivity index (χ1n) is 7.56. The number of rotatable bonds is 5. The Kier molecular flexibility index (Phi) is 9.22. The maximum absolute atomic E-state index is 12.1. The molecule has 0 spiro atoms. The number of amides is 1. The molecule has 1 rings (SSSR count). The molecule has 0 saturated heterocycles. The molecular formula is C17H25NO7. The number of benzene rings is 1. The quantitative estimate of drug-likeness (QED) is 0.737. The number of carbonyl (C=O) groups excluding carboxylic acids is 1. The zero-order valence-corrected chi connectivity index (χ0v) is 14.8. The minimum Gasteiger partial charge on any atom is -0.480 e. The van der Waals surface area contributed by atoms with E-state index in [0.29, 0.717) is 0 Å². The zero-order chi connectivity index (χ0) is 19.6. The second-order valence-corrected chi connectivity index (χ2v) is 6.15. The summed E-state index contributed by atoms with van der Waals surface area (Å²) in [6, 6.07) is 8.32. The smallest absolute Gasteiger partial charge is 0.411 e. The molecule has 0 aliphatic heterocycles. The number of carbonyl (C=O) groups is 3. The lowest BCUT2D eigenvalue weighted by Gasteiger charge is -2.37. The van der Waals surface area contributed by atoms with Crippen molar-refractivity contribution in [3.8, 4) is 0 Å². The van der Waals surface area contributed by atoms with Gasteiger partial charge in [0.2, 0.25) is 0 Å². The van der Waals surface area contributed by atoms with E-state index in [1.54, 1.807) is 20.8 Å². The van der Waals surface area contributed by atoms with Gasteiger partial charge in [0.1, 0.15) is 19.3 Å². The van der Waals surface area contributed by atoms with Crippen LogP contribution in [0.4, 0.5) is 4.79 Å². The maximum Gasteiger partial charge on any atom is 0.411 e. The van der Waals surface area contributed by atoms with Gasteiger partial charge in [0, 0.05) is 5.54 Å². The van der Waals surface area contributed by atoms with E-state index < -0.39 is 36.2 Å². The van der Waals surface area contributed by atoms with Crippen molar-refractivity contribution in [1.82, 2.24) is 4.90 Å². The molecule has 8 nitrogen and oxygen atoms in total. The first-order chi connectivity index (χ1) is 11.5. The van der Waals surface area contributed by atoms with Crippen molar-refractivity contribution in [2.75, 3.05) is 6.61 Å². The lowest BCUT2D eigenvalue weighted by Crippen LogP contribution is -2.53. The zero-order valence-electron chi connectivity index (χ0n) is 14.8. The number of nitrogens with zero attached hydrogens (tertiary/aromatic N) is 1. The molecule has 140 valence electrons. The summed E-state index contributed by atoms with van der Waals surface area (Å²) in [5.41, 5.74) is 0.226. The van der Waals surface area contributed by atoms with E-state index in [1.165, 1.54) is 11.8 Å². The summed E-state index contributed by atoms with van der Waals surface area (Å²) in [7, 11) is 0. The molecule has 0 fully saturated rings. The number of carboxylic acid groups (broad SMARTS) is 2. The number of aliphatic carboxylic acids is 2. The number of ether oxygens (including phenoxy) is 1. The number of hydrogen-bond acceptors (Lipinski definition) is 5. The van der Waals surface area contributed by atoms with Gasteiger partial charge >= 0.3 is 18.0 Å². The van der Waals surface area contributed by atoms with Crippen molar-refractivity contribution < 1.29 is 34.4 Å². The Morgan fingerprint density at radius 3 is 1.96 bits per heavy atom. The molecule has 8 heteroatoms. The predicted octanol–water partition coefficient (Wildman–Crippen LogP) is 1.96. The van der Waals surface area contributed by atoms with Gasteiger partial charge in [-0.2, -0.15) is 0 Å². The fourth-order valence-electron chi connectivity index (χ4n) is 1.91. The summed E-state index contributed by atoms with van der Waals surface area (Å²) in [6.07, 6.45) is -0.628. The molecule has 0 saturated carbocycles. The Bertz CT molecular complexity index is 566. The molecule has 25 heavy (non-hydrogen) atoms. The van der Waals surface area contributed by atoms with Crippen LogP contribution < -0.4 is 0 Å². The second kappa shape index (κ2) is 10.3. The van der Waals surface area contributed by atoms with E-state index in [0.717, 1.165) is 5.56 Å². The Hall–Kier alpha value is -2.61. The van der Waals surface area contributed by atoms with Crippen LogP contribution in [0.3, 0.4) is 0 Å². The monoisotopic (exact) mass is 355 g/mol. The summed E-state index contributed by atoms with van der Waals surface area (Å²) in [5.74, 6) is -2.25. The molecule has 0 aliphatic carbocycles. The minimum atomic E-state index is -1.19. The van der Waals surface area contributed by atoms with Crippen LogP contribution in [0.2, 0.25) is 0 Å². The van der Waals surface area contributed by atoms with Crippen molar-refractivity contribution in [1.29, 1.82) is 0 Å². The molecule has 1 atom stereocenters. The third kappa shape index (κ3) is 8.71. The molecule has 1 aromatic carbocycles. The summed E-state index contributed by atoms with van der Waals surface area (Å²) in [5, 5.41) is 24.1. The van der Waals surface area contributed by atoms with E-state index in [-0.39, 0.29) is 6.61 Å². The fraction of sp³-hybridized carbons (Fsp3) is 0.471. The van der Waals surface area contributed by atoms with Gasteiger partial charge in [-0.3, -0.25) is 4.90 Å². The molecule has 1 aromatic rings. The van der Waals surface area contributed by atoms with Crippen LogP contribution in [-0.2, 0) is 20.9 Å². The SMILES string of the molecule is C[C@@H](C(=O)O)N(C(=O)OCc1ccccc1)C(C)(C)C.O=C(O)CO. The second-order valence-electron chi connectivity index (χ2n) is 6.15. The van der Waals surface area contributed by atoms with Crippen molar-refractivity contribution in [3.63, 3.8) is 0 Å². The van der Waals surface area contributed by atoms with Crippen molar-refractivity contribution in [2.45, 2.75) is 45.9 Å². The number of aliphatic hydroxyl groups is 1. The van der Waals surface area contributed by atoms with Crippen LogP contribution >= 0.6 is 0 Å². The Labute approximate surface area is 146 Å². The van der Waals surface area contributed by atoms with Crippen LogP contribution in [0, 0.1) is 0 Å². The largest absolute Gasteiger partial charge is 0.480 e. The fourth-order valence-corrected chi connectivity index (χ4v) is 1.91. The molecule has 0 aromatic heterocycles. The van der Waals surface area contributed by atoms with Crippen LogP contribution in [0.15, 0.2) is 30.3 Å². The third-order valence-corrected chi connectivity index (χ3v) is 3.00. The summed E-state index contributed by atoms with van der Waals surface area (Å²) >= 11 is 0. The summed E-state index contributed by atoms with van der Waals surface area (Å²) < 4.78 is 5.21. The average molecular weight is 355 g/mol. The van der Waals surface area contributed by atoms with Gasteiger partial charge in [0.05, 0.1) is 0 Å². The summed E-state index contributed by atoms with van der Waals surface area (Å²) in [6.45, 7) is 6.14. The summed E-state index contributed by atoms with van der Waals surface area (Å²) in [4.78, 5) is 33.6. The van der Waals surface area contributed by atoms with Gasteiger partial charge in [-0.05, 0) is 33.3 Å². The standard InChI is InChI=1S/C15H21NO4.C2H4O3/c1-11(13(17)18)16(15(2,3)4)14(19)20-10-12-8-6-5-7-9-12;3-1-2(4)5/h5-9,11H,10H2,1-4H3,(H,17,18);3H,1H2,(H,4,5)/t11-;/m0./s1. The van der Waals surface area contributed by atoms with Crippen LogP contribution in [0.1, 0.15) is 33.3 Å². The van der Waals surface area contributed by atoms with E-state index in [4.69, 9.17) is 24.9 Å². The number of aliphatic hydroxyl groups excluding tert-OH is 1. The lowest BCUT2D eigenvalue weighted by atomic mass is 10.0. The maximum atomic E-state index is 12.1. The lowest BCUT2D eigenvalue weighted by molar-refractivity contribution is -0.144. The third-order valence-electron chi connectivity index (χ3n) is 3.00. The topological polar surface area (TPSA) is 124 Å². The number of carboxylic acids is 2. The van der Waals surface area contributed by atoms with E-state index >= 15 is 0 Å². The molecule has 0 bridgehead atoms. The molecule has 1 amide bonds. The molecule has 0 aliphatic rings. The highest BCUT2D eigenvalue weighted by Gasteiger charge is 2.35. The van der Waals surface area contributed by atoms with Crippen molar-refractivity contribution in [3.05, 3.63) is 35.9 Å². The molecular weight excluding hydrogens is 330 g/mol. The van der Waals surface area contributed by atoms with Gasteiger partial charge < -0.3 is 20.1 Å². The highest BCUT2D eigenvalue weighted by molar-refractivity contribution is 5.80. The Morgan fingerprint density at radius 1 is 1.12 bits per heavy atom. The van der Waals surface area contributed by atoms with Crippen LogP contribution in [-0.4, -0.2) is 56.4 Å². The van der Waals surface area contributed by atoms with Crippen LogP contribution in [0.5, 0.6) is 0 Å². The van der Waals surface area contributed by atoms with Crippen molar-refractivity contribution >= 4 is 18.0 Å². The first-order valence-corrected chi connectivity index (χ1v) is 7.56. The van der Waals surface area contributed by atoms with Crippen molar-refractivity contribution in [2.24, 2.45) is 0 Å². The van der Waals surface area contributed by atoms with Gasteiger partial charge in [0.15, 0.2) is 0 Å². The van der Waals surface area contributed by atoms with E-state index in [9.17, 15) is 9.59 Å². The number of hydrogen-bond donors (Lipinski definition) is 3. The van der Waals surface area contributed by atoms with Gasteiger partial charge in [0.25, 0.3) is 0 Å². The van der Waals surface area contributed by atoms with Gasteiger partial charge in [-0.1, -0.05) is 30.3 Å². The molecule has 0 unspecified atom stereocenters. The predicted molar refractivity (Wildman–Crippen MR) is 90.0 cm³/mol. The van der Waals surface area contributed by atoms with Crippen LogP contribution in [0.25, 0.3) is 0 Å². The average Bonchev–Trinajstić information content (AvgIpc) is 2.53. The normalized spacial score (nSPS) is 11.6. The first kappa shape index (κ1) is 22.4. The van der Waals surface area contributed by atoms with E-state index in [1.807, 2.05) is 30.3 Å². The van der Waals surface area contributed by atoms with Gasteiger partial charge in [-0.15, -0.1) is 0 Å². The highest BCUT2D eigenvalue weighted by atomic mass is 16.6. The molecule has 3 N–H and O–H groups in total. The van der Waals surface area contributed by atoms with Gasteiger partial charge in [-0.25, -0.2) is 14.4 Å². The van der Waals surface area contributed by atoms with E-state index in [2.05, 4.69) is 0 Å².